The molecule has 0 aliphatic heterocycles. The lowest BCUT2D eigenvalue weighted by Gasteiger charge is -2.34. The lowest BCUT2D eigenvalue weighted by Crippen LogP contribution is -2.50. The number of hydrogen-bond acceptors (Lipinski definition) is 8. The summed E-state index contributed by atoms with van der Waals surface area (Å²) in [5, 5.41) is 16.7. The van der Waals surface area contributed by atoms with E-state index in [0.29, 0.717) is 12.8 Å². The van der Waals surface area contributed by atoms with Gasteiger partial charge >= 0.3 is 11.9 Å². The van der Waals surface area contributed by atoms with Crippen LogP contribution in [0.4, 0.5) is 0 Å². The fourth-order valence-corrected chi connectivity index (χ4v) is 4.43. The molecule has 0 radical (unpaired) electrons. The number of allylic oxidation sites excluding steroid dienone is 2. The highest BCUT2D eigenvalue weighted by Crippen LogP contribution is 2.25. The van der Waals surface area contributed by atoms with Gasteiger partial charge in [-0.05, 0) is 70.6 Å². The minimum absolute atomic E-state index is 0.242. The van der Waals surface area contributed by atoms with Gasteiger partial charge in [-0.25, -0.2) is 0 Å². The Morgan fingerprint density at radius 3 is 1.44 bits per heavy atom. The van der Waals surface area contributed by atoms with E-state index in [9.17, 15) is 19.4 Å². The van der Waals surface area contributed by atoms with Crippen molar-refractivity contribution in [3.05, 3.63) is 12.2 Å². The number of carboxylic acids is 2. The zero-order chi connectivity index (χ0) is 33.2. The topological polar surface area (TPSA) is 237 Å². The molecule has 0 saturated carbocycles. The standard InChI is InChI=1S/C18H37O3PS.2C6H14N2O2/c1-2-3-4-5-6-7-8-9-10-11-12-13-14-15-16-17-18-21-22(19,20)23;2*7-4-2-1-3-5(8)6(9)10/h9-10H,2-8,11-18H2,1H3,(H2,19,20,23);2*5H,1-4,7-8H2,(H,9,10)/b10-9-;;/t;2*5-/m.11/s1. The molecule has 0 bridgehead atoms. The van der Waals surface area contributed by atoms with Gasteiger partial charge in [0.2, 0.25) is 0 Å². The summed E-state index contributed by atoms with van der Waals surface area (Å²) < 4.78 is 4.55. The Hall–Kier alpha value is -0.950. The first-order valence-electron chi connectivity index (χ1n) is 16.3. The molecular formula is C30H65N4O7PS. The first-order chi connectivity index (χ1) is 20.4. The number of rotatable bonds is 27. The molecule has 0 aromatic heterocycles. The second kappa shape index (κ2) is 35.5. The van der Waals surface area contributed by atoms with Crippen molar-refractivity contribution in [3.8, 4) is 0 Å². The summed E-state index contributed by atoms with van der Waals surface area (Å²) in [6, 6.07) is -1.38. The highest BCUT2D eigenvalue weighted by Gasteiger charge is 2.10. The minimum Gasteiger partial charge on any atom is -0.812 e. The van der Waals surface area contributed by atoms with Gasteiger partial charge in [0.25, 0.3) is 0 Å². The van der Waals surface area contributed by atoms with Crippen LogP contribution in [0, 0.1) is 0 Å². The predicted octanol–water partition coefficient (Wildman–Crippen LogP) is 2.61. The number of unbranched alkanes of at least 4 members (excludes halogenated alkanes) is 14. The lowest BCUT2D eigenvalue weighted by molar-refractivity contribution is -0.368. The van der Waals surface area contributed by atoms with Crippen LogP contribution in [0.3, 0.4) is 0 Å². The molecule has 12 N–H and O–H groups in total. The maximum absolute atomic E-state index is 10.6. The molecule has 0 aliphatic rings. The second-order valence-electron chi connectivity index (χ2n) is 10.8. The molecule has 11 nitrogen and oxygen atoms in total. The van der Waals surface area contributed by atoms with Gasteiger partial charge in [-0.1, -0.05) is 83.6 Å². The number of carboxylic acid groups (broad SMARTS) is 2. The molecule has 2 atom stereocenters. The van der Waals surface area contributed by atoms with Crippen molar-refractivity contribution in [1.82, 2.24) is 0 Å². The van der Waals surface area contributed by atoms with E-state index < -0.39 is 30.7 Å². The Kier molecular flexibility index (Phi) is 38.4. The van der Waals surface area contributed by atoms with Gasteiger partial charge in [0, 0.05) is 6.61 Å². The maximum Gasteiger partial charge on any atom is 0.320 e. The highest BCUT2D eigenvalue weighted by molar-refractivity contribution is 8.05. The molecule has 0 heterocycles. The SMILES string of the molecule is CCCCCCCC/C=C\CCCCCCCCOP([O-])([O-])=S.N[C@H](CCCC[NH3+])C(=O)O.N[C@H](CCCC[NH3+])C(=O)O. The normalized spacial score (nSPS) is 12.6. The number of nitrogens with two attached hydrogens (primary N) is 2. The molecule has 13 heteroatoms. The molecule has 43 heavy (non-hydrogen) atoms. The Morgan fingerprint density at radius 2 is 1.09 bits per heavy atom. The Bertz CT molecular complexity index is 673. The summed E-state index contributed by atoms with van der Waals surface area (Å²) in [6.45, 7) is 0.275. The van der Waals surface area contributed by atoms with Gasteiger partial charge in [-0.15, -0.1) is 11.8 Å². The van der Waals surface area contributed by atoms with E-state index in [1.807, 2.05) is 0 Å². The van der Waals surface area contributed by atoms with Crippen LogP contribution in [0.5, 0.6) is 0 Å². The quantitative estimate of drug-likeness (QED) is 0.0429. The summed E-state index contributed by atoms with van der Waals surface area (Å²) in [7, 11) is 0. The van der Waals surface area contributed by atoms with Crippen LogP contribution < -0.4 is 32.7 Å². The van der Waals surface area contributed by atoms with Crippen molar-refractivity contribution in [2.45, 2.75) is 147 Å². The third-order valence-corrected chi connectivity index (χ3v) is 7.39. The molecule has 0 spiro atoms. The second-order valence-corrected chi connectivity index (χ2v) is 13.3. The van der Waals surface area contributed by atoms with Crippen LogP contribution in [-0.4, -0.2) is 53.9 Å². The zero-order valence-corrected chi connectivity index (χ0v) is 28.6. The lowest BCUT2D eigenvalue weighted by atomic mass is 10.1. The van der Waals surface area contributed by atoms with E-state index >= 15 is 0 Å². The van der Waals surface area contributed by atoms with Crippen molar-refractivity contribution in [2.75, 3.05) is 19.7 Å². The van der Waals surface area contributed by atoms with Crippen LogP contribution in [0.15, 0.2) is 12.2 Å². The van der Waals surface area contributed by atoms with E-state index in [0.717, 1.165) is 58.0 Å². The molecule has 0 fully saturated rings. The first-order valence-corrected chi connectivity index (χ1v) is 18.8. The third kappa shape index (κ3) is 45.6. The van der Waals surface area contributed by atoms with Crippen molar-refractivity contribution in [3.63, 3.8) is 0 Å². The predicted molar refractivity (Wildman–Crippen MR) is 174 cm³/mol. The van der Waals surface area contributed by atoms with E-state index in [1.54, 1.807) is 0 Å². The Morgan fingerprint density at radius 1 is 0.721 bits per heavy atom. The maximum atomic E-state index is 10.6. The molecule has 0 amide bonds. The molecular weight excluding hydrogens is 591 g/mol. The summed E-state index contributed by atoms with van der Waals surface area (Å²) in [4.78, 5) is 41.5. The van der Waals surface area contributed by atoms with Gasteiger partial charge < -0.3 is 47.5 Å². The molecule has 0 aromatic carbocycles. The van der Waals surface area contributed by atoms with E-state index in [4.69, 9.17) is 21.7 Å². The van der Waals surface area contributed by atoms with Crippen molar-refractivity contribution in [1.29, 1.82) is 0 Å². The van der Waals surface area contributed by atoms with Crippen LogP contribution in [0.25, 0.3) is 0 Å². The number of hydrogen-bond donors (Lipinski definition) is 6. The summed E-state index contributed by atoms with van der Waals surface area (Å²) >= 11 is 4.17. The van der Waals surface area contributed by atoms with Crippen LogP contribution in [-0.2, 0) is 25.9 Å². The van der Waals surface area contributed by atoms with Crippen molar-refractivity contribution < 1.29 is 45.6 Å². The summed E-state index contributed by atoms with van der Waals surface area (Å²) in [6.07, 6.45) is 26.7. The summed E-state index contributed by atoms with van der Waals surface area (Å²) in [5.41, 5.74) is 17.8. The van der Waals surface area contributed by atoms with E-state index in [-0.39, 0.29) is 6.61 Å². The zero-order valence-electron chi connectivity index (χ0n) is 26.9. The van der Waals surface area contributed by atoms with Crippen LogP contribution in [0.1, 0.15) is 135 Å². The third-order valence-electron chi connectivity index (χ3n) is 6.57. The fraction of sp³-hybridized carbons (Fsp3) is 0.867. The monoisotopic (exact) mass is 656 g/mol. The van der Waals surface area contributed by atoms with Gasteiger partial charge in [-0.3, -0.25) is 9.59 Å². The van der Waals surface area contributed by atoms with Crippen LogP contribution >= 0.6 is 6.72 Å². The molecule has 0 saturated heterocycles. The Labute approximate surface area is 266 Å². The van der Waals surface area contributed by atoms with Crippen molar-refractivity contribution >= 4 is 30.5 Å². The smallest absolute Gasteiger partial charge is 0.320 e. The number of quaternary nitrogens is 2. The fourth-order valence-electron chi connectivity index (χ4n) is 3.85. The van der Waals surface area contributed by atoms with E-state index in [2.05, 4.69) is 46.9 Å². The first kappa shape index (κ1) is 46.5. The average molecular weight is 657 g/mol. The molecule has 0 aromatic rings. The number of aliphatic carboxylic acids is 2. The molecule has 0 aliphatic carbocycles. The minimum atomic E-state index is -3.93. The van der Waals surface area contributed by atoms with Crippen molar-refractivity contribution in [2.24, 2.45) is 11.5 Å². The van der Waals surface area contributed by atoms with Crippen LogP contribution in [0.2, 0.25) is 0 Å². The average Bonchev–Trinajstić information content (AvgIpc) is 2.95. The molecule has 0 unspecified atom stereocenters. The summed E-state index contributed by atoms with van der Waals surface area (Å²) in [5.74, 6) is -1.83. The molecule has 0 rings (SSSR count). The van der Waals surface area contributed by atoms with E-state index in [1.165, 1.54) is 70.6 Å². The van der Waals surface area contributed by atoms with Gasteiger partial charge in [0.05, 0.1) is 13.1 Å². The Balaban J connectivity index is -0.000000658. The van der Waals surface area contributed by atoms with Gasteiger partial charge in [-0.2, -0.15) is 0 Å². The molecule has 258 valence electrons. The van der Waals surface area contributed by atoms with Gasteiger partial charge in [0.1, 0.15) is 12.1 Å². The highest BCUT2D eigenvalue weighted by atomic mass is 32.5. The van der Waals surface area contributed by atoms with Gasteiger partial charge in [0.15, 0.2) is 0 Å². The number of carbonyl (C=O) groups is 2. The largest absolute Gasteiger partial charge is 0.812 e.